The summed E-state index contributed by atoms with van der Waals surface area (Å²) in [4.78, 5) is 29.6. The monoisotopic (exact) mass is 356 g/mol. The van der Waals surface area contributed by atoms with Gasteiger partial charge in [-0.3, -0.25) is 9.78 Å². The number of carbonyl (C=O) groups excluding carboxylic acids is 2. The van der Waals surface area contributed by atoms with Crippen molar-refractivity contribution in [3.05, 3.63) is 30.1 Å². The molecule has 2 saturated heterocycles. The fourth-order valence-corrected chi connectivity index (χ4v) is 3.53. The average Bonchev–Trinajstić information content (AvgIpc) is 3.10. The van der Waals surface area contributed by atoms with Crippen LogP contribution in [-0.2, 0) is 4.74 Å². The Hall–Kier alpha value is -3.03. The molecule has 3 heterocycles. The number of anilines is 1. The summed E-state index contributed by atoms with van der Waals surface area (Å²) in [5.41, 5.74) is 6.74. The summed E-state index contributed by atoms with van der Waals surface area (Å²) >= 11 is 0. The van der Waals surface area contributed by atoms with Crippen LogP contribution in [0.1, 0.15) is 24.2 Å². The molecular weight excluding hydrogens is 336 g/mol. The van der Waals surface area contributed by atoms with Crippen molar-refractivity contribution in [1.82, 2.24) is 10.3 Å². The first-order valence-electron chi connectivity index (χ1n) is 8.52. The second kappa shape index (κ2) is 6.05. The molecule has 2 aliphatic rings. The van der Waals surface area contributed by atoms with E-state index in [2.05, 4.69) is 15.2 Å². The number of nitrogens with zero attached hydrogens (tertiary/aromatic N) is 2. The first kappa shape index (κ1) is 16.4. The minimum atomic E-state index is -0.542. The highest BCUT2D eigenvalue weighted by Gasteiger charge is 2.42. The summed E-state index contributed by atoms with van der Waals surface area (Å²) in [6.45, 7) is 5.01. The van der Waals surface area contributed by atoms with Crippen LogP contribution in [0.15, 0.2) is 24.5 Å². The van der Waals surface area contributed by atoms with E-state index in [4.69, 9.17) is 15.2 Å². The number of carbonyl (C=O) groups is 2. The van der Waals surface area contributed by atoms with Crippen molar-refractivity contribution in [2.24, 2.45) is 5.73 Å². The van der Waals surface area contributed by atoms with Crippen molar-refractivity contribution in [2.45, 2.75) is 32.1 Å². The molecule has 8 heteroatoms. The summed E-state index contributed by atoms with van der Waals surface area (Å²) in [5.74, 6) is -0.0869. The summed E-state index contributed by atoms with van der Waals surface area (Å²) in [6, 6.07) is 3.51. The molecule has 2 atom stereocenters. The molecule has 1 aromatic carbocycles. The Morgan fingerprint density at radius 3 is 2.88 bits per heavy atom. The van der Waals surface area contributed by atoms with Crippen LogP contribution in [0.5, 0.6) is 5.75 Å². The SMILES string of the molecule is CC(C)Oc1cc2c(N3C[C@@H]4OC(=O)N[C@@H]4C3)cncc2cc1C(N)=O. The number of nitrogens with one attached hydrogen (secondary N) is 1. The van der Waals surface area contributed by atoms with E-state index in [1.165, 1.54) is 0 Å². The molecule has 0 radical (unpaired) electrons. The van der Waals surface area contributed by atoms with Gasteiger partial charge >= 0.3 is 6.09 Å². The van der Waals surface area contributed by atoms with Crippen molar-refractivity contribution in [2.75, 3.05) is 18.0 Å². The Morgan fingerprint density at radius 2 is 2.19 bits per heavy atom. The molecule has 136 valence electrons. The van der Waals surface area contributed by atoms with E-state index in [9.17, 15) is 9.59 Å². The van der Waals surface area contributed by atoms with Crippen LogP contribution in [0, 0.1) is 0 Å². The molecule has 3 N–H and O–H groups in total. The van der Waals surface area contributed by atoms with Crippen LogP contribution in [0.25, 0.3) is 10.8 Å². The quantitative estimate of drug-likeness (QED) is 0.858. The van der Waals surface area contributed by atoms with E-state index < -0.39 is 5.91 Å². The van der Waals surface area contributed by atoms with E-state index in [0.29, 0.717) is 24.4 Å². The Balaban J connectivity index is 1.76. The maximum atomic E-state index is 11.8. The zero-order valence-corrected chi connectivity index (χ0v) is 14.6. The van der Waals surface area contributed by atoms with Crippen LogP contribution in [0.4, 0.5) is 10.5 Å². The van der Waals surface area contributed by atoms with Crippen LogP contribution >= 0.6 is 0 Å². The third kappa shape index (κ3) is 2.77. The van der Waals surface area contributed by atoms with Gasteiger partial charge in [0.25, 0.3) is 5.91 Å². The molecule has 8 nitrogen and oxygen atoms in total. The zero-order chi connectivity index (χ0) is 18.4. The number of hydrogen-bond acceptors (Lipinski definition) is 6. The molecule has 2 aliphatic heterocycles. The van der Waals surface area contributed by atoms with E-state index in [1.807, 2.05) is 19.9 Å². The van der Waals surface area contributed by atoms with Gasteiger partial charge < -0.3 is 25.4 Å². The van der Waals surface area contributed by atoms with E-state index in [0.717, 1.165) is 16.5 Å². The minimum absolute atomic E-state index is 0.0333. The molecule has 0 saturated carbocycles. The third-order valence-corrected chi connectivity index (χ3v) is 4.63. The molecule has 0 unspecified atom stereocenters. The predicted molar refractivity (Wildman–Crippen MR) is 95.4 cm³/mol. The first-order chi connectivity index (χ1) is 12.4. The van der Waals surface area contributed by atoms with E-state index >= 15 is 0 Å². The number of alkyl carbamates (subject to hydrolysis) is 1. The summed E-state index contributed by atoms with van der Waals surface area (Å²) in [5, 5.41) is 4.53. The van der Waals surface area contributed by atoms with Crippen molar-refractivity contribution >= 4 is 28.5 Å². The first-order valence-corrected chi connectivity index (χ1v) is 8.52. The van der Waals surface area contributed by atoms with Gasteiger partial charge in [-0.25, -0.2) is 4.79 Å². The summed E-state index contributed by atoms with van der Waals surface area (Å²) in [6.07, 6.45) is 2.84. The van der Waals surface area contributed by atoms with Gasteiger partial charge in [-0.15, -0.1) is 0 Å². The van der Waals surface area contributed by atoms with Crippen molar-refractivity contribution < 1.29 is 19.1 Å². The number of benzene rings is 1. The Bertz CT molecular complexity index is 882. The second-order valence-electron chi connectivity index (χ2n) is 6.86. The van der Waals surface area contributed by atoms with Gasteiger partial charge in [0, 0.05) is 23.5 Å². The number of aromatic nitrogens is 1. The minimum Gasteiger partial charge on any atom is -0.490 e. The highest BCUT2D eigenvalue weighted by atomic mass is 16.6. The smallest absolute Gasteiger partial charge is 0.407 e. The largest absolute Gasteiger partial charge is 0.490 e. The van der Waals surface area contributed by atoms with Gasteiger partial charge in [-0.1, -0.05) is 0 Å². The van der Waals surface area contributed by atoms with Crippen LogP contribution < -0.4 is 20.7 Å². The maximum absolute atomic E-state index is 11.8. The lowest BCUT2D eigenvalue weighted by Gasteiger charge is -2.22. The van der Waals surface area contributed by atoms with Crippen molar-refractivity contribution in [1.29, 1.82) is 0 Å². The van der Waals surface area contributed by atoms with E-state index in [-0.39, 0.29) is 24.3 Å². The number of amides is 2. The van der Waals surface area contributed by atoms with Gasteiger partial charge in [0.2, 0.25) is 0 Å². The normalized spacial score (nSPS) is 21.7. The Labute approximate surface area is 150 Å². The molecular formula is C18H20N4O4. The average molecular weight is 356 g/mol. The summed E-state index contributed by atoms with van der Waals surface area (Å²) in [7, 11) is 0. The highest BCUT2D eigenvalue weighted by molar-refractivity contribution is 6.03. The zero-order valence-electron chi connectivity index (χ0n) is 14.6. The highest BCUT2D eigenvalue weighted by Crippen LogP contribution is 2.35. The van der Waals surface area contributed by atoms with E-state index in [1.54, 1.807) is 18.5 Å². The fraction of sp³-hybridized carbons (Fsp3) is 0.389. The van der Waals surface area contributed by atoms with Crippen molar-refractivity contribution in [3.8, 4) is 5.75 Å². The number of pyridine rings is 1. The summed E-state index contributed by atoms with van der Waals surface area (Å²) < 4.78 is 11.1. The van der Waals surface area contributed by atoms with Crippen LogP contribution in [-0.4, -0.2) is 48.3 Å². The molecule has 4 rings (SSSR count). The lowest BCUT2D eigenvalue weighted by Crippen LogP contribution is -2.32. The van der Waals surface area contributed by atoms with Crippen LogP contribution in [0.3, 0.4) is 0 Å². The third-order valence-electron chi connectivity index (χ3n) is 4.63. The standard InChI is InChI=1S/C18H20N4O4/c1-9(2)25-15-4-11-10(3-12(15)17(19)23)5-20-6-14(11)22-7-13-16(8-22)26-18(24)21-13/h3-6,9,13,16H,7-8H2,1-2H3,(H2,19,23)(H,21,24)/t13-,16+/m1/s1. The van der Waals surface area contributed by atoms with Gasteiger partial charge in [-0.05, 0) is 26.0 Å². The Morgan fingerprint density at radius 1 is 1.38 bits per heavy atom. The number of fused-ring (bicyclic) bond motifs is 2. The number of hydrogen-bond donors (Lipinski definition) is 2. The fourth-order valence-electron chi connectivity index (χ4n) is 3.53. The molecule has 2 amide bonds. The molecule has 2 aromatic rings. The van der Waals surface area contributed by atoms with Crippen molar-refractivity contribution in [3.63, 3.8) is 0 Å². The lowest BCUT2D eigenvalue weighted by molar-refractivity contribution is 0.0994. The topological polar surface area (TPSA) is 107 Å². The van der Waals surface area contributed by atoms with Gasteiger partial charge in [-0.2, -0.15) is 0 Å². The predicted octanol–water partition coefficient (Wildman–Crippen LogP) is 1.42. The van der Waals surface area contributed by atoms with Gasteiger partial charge in [0.15, 0.2) is 0 Å². The molecule has 2 fully saturated rings. The number of nitrogens with two attached hydrogens (primary N) is 1. The lowest BCUT2D eigenvalue weighted by atomic mass is 10.1. The van der Waals surface area contributed by atoms with Crippen LogP contribution in [0.2, 0.25) is 0 Å². The van der Waals surface area contributed by atoms with Gasteiger partial charge in [0.1, 0.15) is 11.9 Å². The number of rotatable bonds is 4. The molecule has 0 spiro atoms. The molecule has 1 aromatic heterocycles. The van der Waals surface area contributed by atoms with Gasteiger partial charge in [0.05, 0.1) is 36.1 Å². The number of ether oxygens (including phenoxy) is 2. The number of primary amides is 1. The molecule has 0 aliphatic carbocycles. The maximum Gasteiger partial charge on any atom is 0.407 e. The Kier molecular flexibility index (Phi) is 3.82. The molecule has 26 heavy (non-hydrogen) atoms. The molecule has 0 bridgehead atoms. The second-order valence-corrected chi connectivity index (χ2v) is 6.86.